The molecule has 2 rings (SSSR count). The van der Waals surface area contributed by atoms with Crippen molar-refractivity contribution in [3.8, 4) is 0 Å². The molecule has 0 spiro atoms. The fraction of sp³-hybridized carbons (Fsp3) is 0.600. The highest BCUT2D eigenvalue weighted by Gasteiger charge is 2.27. The zero-order chi connectivity index (χ0) is 13.1. The van der Waals surface area contributed by atoms with Crippen molar-refractivity contribution >= 4 is 0 Å². The summed E-state index contributed by atoms with van der Waals surface area (Å²) in [5.41, 5.74) is 6.91. The van der Waals surface area contributed by atoms with Crippen LogP contribution in [-0.4, -0.2) is 24.5 Å². The van der Waals surface area contributed by atoms with Gasteiger partial charge >= 0.3 is 0 Å². The maximum Gasteiger partial charge on any atom is 0.123 e. The Kier molecular flexibility index (Phi) is 4.36. The van der Waals surface area contributed by atoms with Gasteiger partial charge in [0.1, 0.15) is 5.82 Å². The number of hydrogen-bond donors (Lipinski definition) is 1. The number of likely N-dealkylation sites (tertiary alicyclic amines) is 1. The van der Waals surface area contributed by atoms with Gasteiger partial charge in [-0.25, -0.2) is 4.39 Å². The average Bonchev–Trinajstić information content (AvgIpc) is 2.28. The van der Waals surface area contributed by atoms with Gasteiger partial charge in [0.25, 0.3) is 0 Å². The topological polar surface area (TPSA) is 29.3 Å². The van der Waals surface area contributed by atoms with Crippen LogP contribution in [0.2, 0.25) is 0 Å². The van der Waals surface area contributed by atoms with Crippen molar-refractivity contribution in [1.82, 2.24) is 4.90 Å². The highest BCUT2D eigenvalue weighted by Crippen LogP contribution is 2.28. The molecule has 3 heteroatoms. The molecule has 1 aliphatic rings. The molecule has 3 atom stereocenters. The Balaban J connectivity index is 2.17. The van der Waals surface area contributed by atoms with Crippen LogP contribution in [0.25, 0.3) is 0 Å². The number of nitrogens with zero attached hydrogens (tertiary/aromatic N) is 1. The van der Waals surface area contributed by atoms with Gasteiger partial charge in [-0.3, -0.25) is 4.90 Å². The fourth-order valence-electron chi connectivity index (χ4n) is 3.18. The molecule has 3 unspecified atom stereocenters. The smallest absolute Gasteiger partial charge is 0.123 e. The van der Waals surface area contributed by atoms with Gasteiger partial charge in [0.2, 0.25) is 0 Å². The van der Waals surface area contributed by atoms with Crippen LogP contribution in [-0.2, 0) is 0 Å². The van der Waals surface area contributed by atoms with Crippen molar-refractivity contribution in [3.63, 3.8) is 0 Å². The summed E-state index contributed by atoms with van der Waals surface area (Å²) in [6, 6.07) is 6.99. The van der Waals surface area contributed by atoms with Crippen LogP contribution in [0.3, 0.4) is 0 Å². The molecule has 2 N–H and O–H groups in total. The van der Waals surface area contributed by atoms with Gasteiger partial charge in [-0.15, -0.1) is 0 Å². The van der Waals surface area contributed by atoms with E-state index in [4.69, 9.17) is 5.73 Å². The van der Waals surface area contributed by atoms with Crippen LogP contribution in [0.5, 0.6) is 0 Å². The molecule has 0 aromatic heterocycles. The van der Waals surface area contributed by atoms with E-state index in [-0.39, 0.29) is 11.9 Å². The summed E-state index contributed by atoms with van der Waals surface area (Å²) < 4.78 is 13.3. The van der Waals surface area contributed by atoms with E-state index in [0.29, 0.717) is 18.4 Å². The van der Waals surface area contributed by atoms with E-state index in [1.165, 1.54) is 12.5 Å². The number of piperidine rings is 1. The molecule has 100 valence electrons. The molecular weight excluding hydrogens is 227 g/mol. The number of benzene rings is 1. The highest BCUT2D eigenvalue weighted by molar-refractivity contribution is 5.21. The van der Waals surface area contributed by atoms with Crippen molar-refractivity contribution in [2.75, 3.05) is 19.6 Å². The van der Waals surface area contributed by atoms with Crippen LogP contribution < -0.4 is 5.73 Å². The number of halogens is 1. The largest absolute Gasteiger partial charge is 0.329 e. The SMILES string of the molecule is CC1CC(C)CN(C(CN)c2cccc(F)c2)C1. The Morgan fingerprint density at radius 2 is 2.00 bits per heavy atom. The monoisotopic (exact) mass is 250 g/mol. The zero-order valence-electron chi connectivity index (χ0n) is 11.3. The van der Waals surface area contributed by atoms with Gasteiger partial charge in [0.05, 0.1) is 0 Å². The van der Waals surface area contributed by atoms with Crippen LogP contribution in [0.15, 0.2) is 24.3 Å². The molecule has 1 fully saturated rings. The second-order valence-corrected chi connectivity index (χ2v) is 5.71. The van der Waals surface area contributed by atoms with Gasteiger partial charge in [0.15, 0.2) is 0 Å². The lowest BCUT2D eigenvalue weighted by Crippen LogP contribution is -2.43. The van der Waals surface area contributed by atoms with E-state index in [1.807, 2.05) is 6.07 Å². The van der Waals surface area contributed by atoms with Gasteiger partial charge < -0.3 is 5.73 Å². The molecule has 0 saturated carbocycles. The predicted octanol–water partition coefficient (Wildman–Crippen LogP) is 2.80. The standard InChI is InChI=1S/C15H23FN2/c1-11-6-12(2)10-18(9-11)15(8-17)13-4-3-5-14(16)7-13/h3-5,7,11-12,15H,6,8-10,17H2,1-2H3. The molecule has 0 amide bonds. The third kappa shape index (κ3) is 3.09. The first-order chi connectivity index (χ1) is 8.60. The Bertz CT molecular complexity index is 384. The maximum atomic E-state index is 13.3. The third-order valence-electron chi connectivity index (χ3n) is 3.79. The van der Waals surface area contributed by atoms with Gasteiger partial charge in [-0.2, -0.15) is 0 Å². The first kappa shape index (κ1) is 13.5. The Morgan fingerprint density at radius 1 is 1.33 bits per heavy atom. The zero-order valence-corrected chi connectivity index (χ0v) is 11.3. The molecule has 18 heavy (non-hydrogen) atoms. The van der Waals surface area contributed by atoms with E-state index in [2.05, 4.69) is 18.7 Å². The molecule has 2 nitrogen and oxygen atoms in total. The quantitative estimate of drug-likeness (QED) is 0.894. The van der Waals surface area contributed by atoms with Crippen LogP contribution in [0.1, 0.15) is 31.9 Å². The van der Waals surface area contributed by atoms with Crippen LogP contribution in [0.4, 0.5) is 4.39 Å². The minimum Gasteiger partial charge on any atom is -0.329 e. The van der Waals surface area contributed by atoms with E-state index in [0.717, 1.165) is 18.7 Å². The molecule has 1 aromatic rings. The Labute approximate surface area is 109 Å². The molecule has 1 heterocycles. The minimum atomic E-state index is -0.177. The number of hydrogen-bond acceptors (Lipinski definition) is 2. The van der Waals surface area contributed by atoms with Gasteiger partial charge in [-0.1, -0.05) is 26.0 Å². The lowest BCUT2D eigenvalue weighted by molar-refractivity contribution is 0.0983. The Morgan fingerprint density at radius 3 is 2.56 bits per heavy atom. The molecule has 1 aromatic carbocycles. The summed E-state index contributed by atoms with van der Waals surface area (Å²) >= 11 is 0. The van der Waals surface area contributed by atoms with E-state index in [1.54, 1.807) is 12.1 Å². The first-order valence-corrected chi connectivity index (χ1v) is 6.79. The second kappa shape index (κ2) is 5.81. The molecule has 0 bridgehead atoms. The second-order valence-electron chi connectivity index (χ2n) is 5.71. The summed E-state index contributed by atoms with van der Waals surface area (Å²) in [7, 11) is 0. The normalized spacial score (nSPS) is 27.1. The summed E-state index contributed by atoms with van der Waals surface area (Å²) in [4.78, 5) is 2.41. The van der Waals surface area contributed by atoms with E-state index >= 15 is 0 Å². The van der Waals surface area contributed by atoms with Gasteiger partial charge in [0, 0.05) is 25.7 Å². The summed E-state index contributed by atoms with van der Waals surface area (Å²) in [5, 5.41) is 0. The van der Waals surface area contributed by atoms with E-state index in [9.17, 15) is 4.39 Å². The van der Waals surface area contributed by atoms with Crippen molar-refractivity contribution in [3.05, 3.63) is 35.6 Å². The summed E-state index contributed by atoms with van der Waals surface area (Å²) in [6.45, 7) is 7.22. The number of rotatable bonds is 3. The van der Waals surface area contributed by atoms with Crippen molar-refractivity contribution in [1.29, 1.82) is 0 Å². The van der Waals surface area contributed by atoms with Crippen molar-refractivity contribution < 1.29 is 4.39 Å². The van der Waals surface area contributed by atoms with Crippen LogP contribution >= 0.6 is 0 Å². The summed E-state index contributed by atoms with van der Waals surface area (Å²) in [6.07, 6.45) is 1.27. The molecular formula is C15H23FN2. The molecule has 1 saturated heterocycles. The average molecular weight is 250 g/mol. The van der Waals surface area contributed by atoms with Crippen LogP contribution in [0, 0.1) is 17.7 Å². The van der Waals surface area contributed by atoms with Gasteiger partial charge in [-0.05, 0) is 36.0 Å². The van der Waals surface area contributed by atoms with Crippen molar-refractivity contribution in [2.45, 2.75) is 26.3 Å². The molecule has 1 aliphatic heterocycles. The lowest BCUT2D eigenvalue weighted by Gasteiger charge is -2.40. The third-order valence-corrected chi connectivity index (χ3v) is 3.79. The highest BCUT2D eigenvalue weighted by atomic mass is 19.1. The Hall–Kier alpha value is -0.930. The minimum absolute atomic E-state index is 0.144. The number of nitrogens with two attached hydrogens (primary N) is 1. The molecule has 0 aliphatic carbocycles. The lowest BCUT2D eigenvalue weighted by atomic mass is 9.89. The fourth-order valence-corrected chi connectivity index (χ4v) is 3.18. The maximum absolute atomic E-state index is 13.3. The molecule has 0 radical (unpaired) electrons. The van der Waals surface area contributed by atoms with E-state index < -0.39 is 0 Å². The summed E-state index contributed by atoms with van der Waals surface area (Å²) in [5.74, 6) is 1.21. The van der Waals surface area contributed by atoms with Crippen molar-refractivity contribution in [2.24, 2.45) is 17.6 Å². The predicted molar refractivity (Wildman–Crippen MR) is 72.7 cm³/mol. The first-order valence-electron chi connectivity index (χ1n) is 6.79.